The molecular weight excluding hydrogens is 218 g/mol. The predicted molar refractivity (Wildman–Crippen MR) is 68.9 cm³/mol. The van der Waals surface area contributed by atoms with Gasteiger partial charge in [0.15, 0.2) is 0 Å². The first kappa shape index (κ1) is 12.0. The van der Waals surface area contributed by atoms with Gasteiger partial charge in [-0.15, -0.1) is 11.3 Å². The average molecular weight is 239 g/mol. The summed E-state index contributed by atoms with van der Waals surface area (Å²) in [6, 6.07) is 0.630. The fourth-order valence-corrected chi connectivity index (χ4v) is 2.97. The molecule has 0 amide bonds. The Balaban J connectivity index is 1.91. The molecule has 0 unspecified atom stereocenters. The average Bonchev–Trinajstić information content (AvgIpc) is 2.70. The molecule has 0 radical (unpaired) electrons. The van der Waals surface area contributed by atoms with E-state index >= 15 is 0 Å². The number of aromatic nitrogens is 1. The number of nitrogens with one attached hydrogen (secondary N) is 1. The highest BCUT2D eigenvalue weighted by atomic mass is 32.1. The maximum atomic E-state index is 4.68. The zero-order chi connectivity index (χ0) is 11.4. The van der Waals surface area contributed by atoms with Crippen molar-refractivity contribution in [2.45, 2.75) is 39.3 Å². The van der Waals surface area contributed by atoms with Crippen LogP contribution in [0.1, 0.15) is 31.0 Å². The lowest BCUT2D eigenvalue weighted by atomic mass is 10.2. The standard InChI is InChI=1S/C12H21N3S/c1-3-4-12-14-11(9-16-12)8-15-6-5-13-7-10(15)2/h9-10,13H,3-8H2,1-2H3/t10-/m0/s1. The quantitative estimate of drug-likeness (QED) is 0.869. The Morgan fingerprint density at radius 1 is 1.62 bits per heavy atom. The van der Waals surface area contributed by atoms with Crippen LogP contribution in [-0.2, 0) is 13.0 Å². The molecule has 16 heavy (non-hydrogen) atoms. The topological polar surface area (TPSA) is 28.2 Å². The number of piperazine rings is 1. The third-order valence-corrected chi connectivity index (χ3v) is 4.02. The third-order valence-electron chi connectivity index (χ3n) is 3.07. The number of nitrogens with zero attached hydrogens (tertiary/aromatic N) is 2. The van der Waals surface area contributed by atoms with Crippen molar-refractivity contribution in [3.05, 3.63) is 16.1 Å². The van der Waals surface area contributed by atoms with Crippen LogP contribution >= 0.6 is 11.3 Å². The first-order valence-corrected chi connectivity index (χ1v) is 7.05. The Bertz CT molecular complexity index is 324. The summed E-state index contributed by atoms with van der Waals surface area (Å²) >= 11 is 1.81. The van der Waals surface area contributed by atoms with Gasteiger partial charge in [0.2, 0.25) is 0 Å². The van der Waals surface area contributed by atoms with Gasteiger partial charge in [0.05, 0.1) is 10.7 Å². The first-order valence-electron chi connectivity index (χ1n) is 6.17. The second kappa shape index (κ2) is 5.75. The van der Waals surface area contributed by atoms with Crippen LogP contribution in [0.15, 0.2) is 5.38 Å². The fourth-order valence-electron chi connectivity index (χ4n) is 2.08. The molecular formula is C12H21N3S. The maximum Gasteiger partial charge on any atom is 0.0928 e. The zero-order valence-electron chi connectivity index (χ0n) is 10.2. The van der Waals surface area contributed by atoms with E-state index in [1.807, 2.05) is 11.3 Å². The van der Waals surface area contributed by atoms with Crippen molar-refractivity contribution >= 4 is 11.3 Å². The number of hydrogen-bond donors (Lipinski definition) is 1. The smallest absolute Gasteiger partial charge is 0.0928 e. The molecule has 0 aromatic carbocycles. The lowest BCUT2D eigenvalue weighted by Gasteiger charge is -2.33. The van der Waals surface area contributed by atoms with E-state index in [0.717, 1.165) is 32.6 Å². The van der Waals surface area contributed by atoms with Crippen LogP contribution in [-0.4, -0.2) is 35.6 Å². The molecule has 1 fully saturated rings. The van der Waals surface area contributed by atoms with Crippen LogP contribution < -0.4 is 5.32 Å². The summed E-state index contributed by atoms with van der Waals surface area (Å²) in [5.41, 5.74) is 1.25. The Morgan fingerprint density at radius 3 is 3.25 bits per heavy atom. The van der Waals surface area contributed by atoms with Gasteiger partial charge in [-0.3, -0.25) is 4.90 Å². The molecule has 3 nitrogen and oxygen atoms in total. The Labute approximate surface area is 102 Å². The minimum Gasteiger partial charge on any atom is -0.314 e. The minimum atomic E-state index is 0.630. The summed E-state index contributed by atoms with van der Waals surface area (Å²) in [4.78, 5) is 7.20. The summed E-state index contributed by atoms with van der Waals surface area (Å²) in [5.74, 6) is 0. The molecule has 1 saturated heterocycles. The number of hydrogen-bond acceptors (Lipinski definition) is 4. The van der Waals surface area contributed by atoms with Gasteiger partial charge in [0.25, 0.3) is 0 Å². The fraction of sp³-hybridized carbons (Fsp3) is 0.750. The summed E-state index contributed by atoms with van der Waals surface area (Å²) in [5, 5.41) is 6.93. The SMILES string of the molecule is CCCc1nc(CN2CCNC[C@@H]2C)cs1. The van der Waals surface area contributed by atoms with Crippen LogP contribution in [0, 0.1) is 0 Å². The van der Waals surface area contributed by atoms with Crippen molar-refractivity contribution in [2.75, 3.05) is 19.6 Å². The molecule has 2 heterocycles. The second-order valence-electron chi connectivity index (χ2n) is 4.51. The highest BCUT2D eigenvalue weighted by Gasteiger charge is 2.18. The molecule has 1 aromatic heterocycles. The molecule has 0 bridgehead atoms. The Kier molecular flexibility index (Phi) is 4.32. The van der Waals surface area contributed by atoms with Gasteiger partial charge in [0.1, 0.15) is 0 Å². The largest absolute Gasteiger partial charge is 0.314 e. The van der Waals surface area contributed by atoms with Crippen molar-refractivity contribution in [3.8, 4) is 0 Å². The number of thiazole rings is 1. The van der Waals surface area contributed by atoms with Crippen LogP contribution in [0.3, 0.4) is 0 Å². The van der Waals surface area contributed by atoms with Crippen LogP contribution in [0.2, 0.25) is 0 Å². The van der Waals surface area contributed by atoms with E-state index in [2.05, 4.69) is 34.4 Å². The lowest BCUT2D eigenvalue weighted by Crippen LogP contribution is -2.49. The molecule has 0 saturated carbocycles. The van der Waals surface area contributed by atoms with E-state index in [1.54, 1.807) is 0 Å². The lowest BCUT2D eigenvalue weighted by molar-refractivity contribution is 0.164. The van der Waals surface area contributed by atoms with E-state index in [1.165, 1.54) is 17.1 Å². The molecule has 0 aliphatic carbocycles. The van der Waals surface area contributed by atoms with Crippen LogP contribution in [0.5, 0.6) is 0 Å². The van der Waals surface area contributed by atoms with Crippen molar-refractivity contribution in [3.63, 3.8) is 0 Å². The van der Waals surface area contributed by atoms with E-state index < -0.39 is 0 Å². The van der Waals surface area contributed by atoms with Gasteiger partial charge in [-0.2, -0.15) is 0 Å². The zero-order valence-corrected chi connectivity index (χ0v) is 11.0. The van der Waals surface area contributed by atoms with Gasteiger partial charge >= 0.3 is 0 Å². The Hall–Kier alpha value is -0.450. The normalized spacial score (nSPS) is 22.5. The molecule has 1 aromatic rings. The molecule has 1 atom stereocenters. The van der Waals surface area contributed by atoms with Crippen molar-refractivity contribution < 1.29 is 0 Å². The van der Waals surface area contributed by atoms with E-state index in [9.17, 15) is 0 Å². The van der Waals surface area contributed by atoms with Gasteiger partial charge in [-0.05, 0) is 19.8 Å². The van der Waals surface area contributed by atoms with Crippen LogP contribution in [0.25, 0.3) is 0 Å². The molecule has 1 aliphatic heterocycles. The molecule has 1 aliphatic rings. The second-order valence-corrected chi connectivity index (χ2v) is 5.45. The first-order chi connectivity index (χ1) is 7.79. The monoisotopic (exact) mass is 239 g/mol. The molecule has 90 valence electrons. The van der Waals surface area contributed by atoms with Gasteiger partial charge in [-0.1, -0.05) is 6.92 Å². The maximum absolute atomic E-state index is 4.68. The van der Waals surface area contributed by atoms with Crippen molar-refractivity contribution in [2.24, 2.45) is 0 Å². The molecule has 1 N–H and O–H groups in total. The molecule has 2 rings (SSSR count). The summed E-state index contributed by atoms with van der Waals surface area (Å²) < 4.78 is 0. The number of rotatable bonds is 4. The minimum absolute atomic E-state index is 0.630. The molecule has 0 spiro atoms. The molecule has 4 heteroatoms. The highest BCUT2D eigenvalue weighted by Crippen LogP contribution is 2.15. The van der Waals surface area contributed by atoms with Gasteiger partial charge < -0.3 is 5.32 Å². The summed E-state index contributed by atoms with van der Waals surface area (Å²) in [6.45, 7) is 8.86. The summed E-state index contributed by atoms with van der Waals surface area (Å²) in [7, 11) is 0. The summed E-state index contributed by atoms with van der Waals surface area (Å²) in [6.07, 6.45) is 2.32. The van der Waals surface area contributed by atoms with E-state index in [4.69, 9.17) is 0 Å². The Morgan fingerprint density at radius 2 is 2.50 bits per heavy atom. The van der Waals surface area contributed by atoms with Crippen molar-refractivity contribution in [1.82, 2.24) is 15.2 Å². The highest BCUT2D eigenvalue weighted by molar-refractivity contribution is 7.09. The predicted octanol–water partition coefficient (Wildman–Crippen LogP) is 1.89. The van der Waals surface area contributed by atoms with E-state index in [0.29, 0.717) is 6.04 Å². The number of aryl methyl sites for hydroxylation is 1. The van der Waals surface area contributed by atoms with Gasteiger partial charge in [-0.25, -0.2) is 4.98 Å². The van der Waals surface area contributed by atoms with Crippen molar-refractivity contribution in [1.29, 1.82) is 0 Å². The van der Waals surface area contributed by atoms with E-state index in [-0.39, 0.29) is 0 Å². The van der Waals surface area contributed by atoms with Gasteiger partial charge in [0, 0.05) is 37.6 Å². The van der Waals surface area contributed by atoms with Crippen LogP contribution in [0.4, 0.5) is 0 Å². The third kappa shape index (κ3) is 3.03.